The van der Waals surface area contributed by atoms with Gasteiger partial charge in [0.15, 0.2) is 5.82 Å². The van der Waals surface area contributed by atoms with Gasteiger partial charge in [-0.3, -0.25) is 4.90 Å². The van der Waals surface area contributed by atoms with Gasteiger partial charge in [0.1, 0.15) is 5.82 Å². The molecule has 4 rings (SSSR count). The van der Waals surface area contributed by atoms with Crippen LogP contribution in [-0.4, -0.2) is 39.7 Å². The van der Waals surface area contributed by atoms with Crippen LogP contribution in [0, 0.1) is 12.8 Å². The van der Waals surface area contributed by atoms with Gasteiger partial charge in [-0.05, 0) is 57.7 Å². The van der Waals surface area contributed by atoms with Gasteiger partial charge in [0.05, 0.1) is 6.04 Å². The summed E-state index contributed by atoms with van der Waals surface area (Å²) in [5, 5.41) is 7.61. The van der Waals surface area contributed by atoms with E-state index in [2.05, 4.69) is 32.3 Å². The average molecular weight is 327 g/mol. The third kappa shape index (κ3) is 3.43. The smallest absolute Gasteiger partial charge is 0.243 e. The molecule has 1 saturated heterocycles. The second kappa shape index (κ2) is 6.51. The van der Waals surface area contributed by atoms with E-state index in [1.54, 1.807) is 0 Å². The van der Waals surface area contributed by atoms with E-state index in [-0.39, 0.29) is 6.04 Å². The lowest BCUT2D eigenvalue weighted by molar-refractivity contribution is 0.203. The van der Waals surface area contributed by atoms with Gasteiger partial charge in [-0.2, -0.15) is 4.98 Å². The maximum Gasteiger partial charge on any atom is 0.243 e. The second-order valence-corrected chi connectivity index (χ2v) is 7.14. The molecule has 24 heavy (non-hydrogen) atoms. The summed E-state index contributed by atoms with van der Waals surface area (Å²) in [6.45, 7) is 7.28. The molecule has 0 aromatic carbocycles. The molecule has 0 unspecified atom stereocenters. The van der Waals surface area contributed by atoms with Crippen molar-refractivity contribution in [1.82, 2.24) is 20.0 Å². The highest BCUT2D eigenvalue weighted by atomic mass is 16.5. The Labute approximate surface area is 142 Å². The van der Waals surface area contributed by atoms with Gasteiger partial charge < -0.3 is 9.84 Å². The lowest BCUT2D eigenvalue weighted by Gasteiger charge is -2.21. The number of pyridine rings is 1. The van der Waals surface area contributed by atoms with E-state index in [0.29, 0.717) is 11.8 Å². The number of anilines is 1. The number of likely N-dealkylation sites (tertiary alicyclic amines) is 1. The molecule has 2 aromatic rings. The Hall–Kier alpha value is -1.95. The van der Waals surface area contributed by atoms with Crippen LogP contribution in [-0.2, 0) is 0 Å². The lowest BCUT2D eigenvalue weighted by Crippen LogP contribution is -2.26. The van der Waals surface area contributed by atoms with Crippen molar-refractivity contribution in [3.05, 3.63) is 35.6 Å². The summed E-state index contributed by atoms with van der Waals surface area (Å²) >= 11 is 0. The van der Waals surface area contributed by atoms with Crippen LogP contribution in [0.4, 0.5) is 5.82 Å². The molecule has 1 N–H and O–H groups in total. The first-order valence-corrected chi connectivity index (χ1v) is 8.94. The highest BCUT2D eigenvalue weighted by Crippen LogP contribution is 2.39. The Morgan fingerprint density at radius 2 is 2.17 bits per heavy atom. The van der Waals surface area contributed by atoms with Crippen LogP contribution in [0.15, 0.2) is 22.7 Å². The van der Waals surface area contributed by atoms with Gasteiger partial charge in [-0.1, -0.05) is 11.2 Å². The molecule has 0 spiro atoms. The van der Waals surface area contributed by atoms with Crippen molar-refractivity contribution in [3.8, 4) is 0 Å². The van der Waals surface area contributed by atoms with Crippen LogP contribution in [0.3, 0.4) is 0 Å². The molecule has 2 atom stereocenters. The predicted octanol–water partition coefficient (Wildman–Crippen LogP) is 3.15. The third-order valence-electron chi connectivity index (χ3n) is 5.08. The average Bonchev–Trinajstić information content (AvgIpc) is 3.12. The topological polar surface area (TPSA) is 67.1 Å². The van der Waals surface area contributed by atoms with E-state index in [0.717, 1.165) is 42.9 Å². The Morgan fingerprint density at radius 3 is 2.96 bits per heavy atom. The van der Waals surface area contributed by atoms with E-state index >= 15 is 0 Å². The molecule has 1 aliphatic carbocycles. The van der Waals surface area contributed by atoms with Crippen molar-refractivity contribution in [2.45, 2.75) is 45.1 Å². The maximum atomic E-state index is 5.49. The fourth-order valence-electron chi connectivity index (χ4n) is 3.35. The molecule has 2 fully saturated rings. The Bertz CT molecular complexity index is 696. The van der Waals surface area contributed by atoms with Gasteiger partial charge in [0, 0.05) is 24.7 Å². The molecule has 1 aliphatic heterocycles. The minimum absolute atomic E-state index is 0.201. The van der Waals surface area contributed by atoms with Crippen molar-refractivity contribution in [2.24, 2.45) is 5.92 Å². The van der Waals surface area contributed by atoms with Gasteiger partial charge >= 0.3 is 0 Å². The normalized spacial score (nSPS) is 22.7. The SMILES string of the molecule is Cc1cccc(NC[C@H]2CCN([C@@H](C)c3nc(C4CC4)no3)C2)n1. The van der Waals surface area contributed by atoms with Crippen LogP contribution >= 0.6 is 0 Å². The monoisotopic (exact) mass is 327 g/mol. The lowest BCUT2D eigenvalue weighted by atomic mass is 10.1. The molecule has 6 heteroatoms. The Morgan fingerprint density at radius 1 is 1.29 bits per heavy atom. The fourth-order valence-corrected chi connectivity index (χ4v) is 3.35. The first-order chi connectivity index (χ1) is 11.7. The number of nitrogens with zero attached hydrogens (tertiary/aromatic N) is 4. The van der Waals surface area contributed by atoms with Crippen LogP contribution in [0.25, 0.3) is 0 Å². The number of aryl methyl sites for hydroxylation is 1. The molecule has 128 valence electrons. The van der Waals surface area contributed by atoms with Crippen LogP contribution in [0.1, 0.15) is 55.6 Å². The van der Waals surface area contributed by atoms with E-state index < -0.39 is 0 Å². The largest absolute Gasteiger partial charge is 0.370 e. The van der Waals surface area contributed by atoms with Crippen LogP contribution in [0.2, 0.25) is 0 Å². The molecule has 0 amide bonds. The van der Waals surface area contributed by atoms with Crippen molar-refractivity contribution in [2.75, 3.05) is 25.0 Å². The standard InChI is InChI=1S/C18H25N5O/c1-12-4-3-5-16(20-12)19-10-14-8-9-23(11-14)13(2)18-21-17(22-24-18)15-6-7-15/h3-5,13-15H,6-11H2,1-2H3,(H,19,20)/t13-,14+/m0/s1. The molecule has 3 heterocycles. The van der Waals surface area contributed by atoms with E-state index in [4.69, 9.17) is 4.52 Å². The van der Waals surface area contributed by atoms with E-state index in [9.17, 15) is 0 Å². The number of hydrogen-bond acceptors (Lipinski definition) is 6. The zero-order valence-electron chi connectivity index (χ0n) is 14.4. The first-order valence-electron chi connectivity index (χ1n) is 8.94. The molecular weight excluding hydrogens is 302 g/mol. The molecule has 6 nitrogen and oxygen atoms in total. The van der Waals surface area contributed by atoms with Crippen LogP contribution in [0.5, 0.6) is 0 Å². The molecule has 2 aromatic heterocycles. The highest BCUT2D eigenvalue weighted by molar-refractivity contribution is 5.35. The second-order valence-electron chi connectivity index (χ2n) is 7.14. The van der Waals surface area contributed by atoms with Crippen LogP contribution < -0.4 is 5.32 Å². The molecular formula is C18H25N5O. The number of nitrogens with one attached hydrogen (secondary N) is 1. The van der Waals surface area contributed by atoms with E-state index in [1.807, 2.05) is 25.1 Å². The zero-order valence-corrected chi connectivity index (χ0v) is 14.4. The molecule has 0 bridgehead atoms. The van der Waals surface area contributed by atoms with Crippen molar-refractivity contribution < 1.29 is 4.52 Å². The fraction of sp³-hybridized carbons (Fsp3) is 0.611. The van der Waals surface area contributed by atoms with Gasteiger partial charge in [0.2, 0.25) is 5.89 Å². The van der Waals surface area contributed by atoms with Crippen molar-refractivity contribution >= 4 is 5.82 Å². The molecule has 0 radical (unpaired) electrons. The Balaban J connectivity index is 1.30. The van der Waals surface area contributed by atoms with Gasteiger partial charge in [0.25, 0.3) is 0 Å². The maximum absolute atomic E-state index is 5.49. The predicted molar refractivity (Wildman–Crippen MR) is 91.8 cm³/mol. The first kappa shape index (κ1) is 15.6. The van der Waals surface area contributed by atoms with Crippen molar-refractivity contribution in [1.29, 1.82) is 0 Å². The van der Waals surface area contributed by atoms with Crippen molar-refractivity contribution in [3.63, 3.8) is 0 Å². The molecule has 1 saturated carbocycles. The quantitative estimate of drug-likeness (QED) is 0.879. The van der Waals surface area contributed by atoms with Gasteiger partial charge in [-0.25, -0.2) is 4.98 Å². The third-order valence-corrected chi connectivity index (χ3v) is 5.08. The summed E-state index contributed by atoms with van der Waals surface area (Å²) in [4.78, 5) is 11.5. The number of hydrogen-bond donors (Lipinski definition) is 1. The summed E-state index contributed by atoms with van der Waals surface area (Å²) in [6.07, 6.45) is 3.60. The summed E-state index contributed by atoms with van der Waals surface area (Å²) in [6, 6.07) is 6.29. The zero-order chi connectivity index (χ0) is 16.5. The summed E-state index contributed by atoms with van der Waals surface area (Å²) < 4.78 is 5.49. The number of rotatable bonds is 6. The Kier molecular flexibility index (Phi) is 4.22. The van der Waals surface area contributed by atoms with E-state index in [1.165, 1.54) is 19.3 Å². The minimum atomic E-state index is 0.201. The highest BCUT2D eigenvalue weighted by Gasteiger charge is 2.32. The minimum Gasteiger partial charge on any atom is -0.370 e. The number of aromatic nitrogens is 3. The molecule has 2 aliphatic rings. The van der Waals surface area contributed by atoms with Gasteiger partial charge in [-0.15, -0.1) is 0 Å². The summed E-state index contributed by atoms with van der Waals surface area (Å²) in [5.74, 6) is 3.81. The summed E-state index contributed by atoms with van der Waals surface area (Å²) in [5.41, 5.74) is 1.05. The summed E-state index contributed by atoms with van der Waals surface area (Å²) in [7, 11) is 0.